The number of benzene rings is 2. The Labute approximate surface area is 245 Å². The van der Waals surface area contributed by atoms with Crippen molar-refractivity contribution in [3.63, 3.8) is 0 Å². The van der Waals surface area contributed by atoms with Crippen LogP contribution in [0, 0.1) is 5.82 Å². The minimum Gasteiger partial charge on any atom is -0.463 e. The quantitative estimate of drug-likeness (QED) is 0.188. The van der Waals surface area contributed by atoms with Crippen molar-refractivity contribution >= 4 is 23.6 Å². The van der Waals surface area contributed by atoms with Crippen molar-refractivity contribution in [3.05, 3.63) is 82.2 Å². The lowest BCUT2D eigenvalue weighted by Crippen LogP contribution is -2.34. The average molecular weight is 582 g/mol. The van der Waals surface area contributed by atoms with E-state index in [4.69, 9.17) is 30.8 Å². The molecule has 1 fully saturated rings. The van der Waals surface area contributed by atoms with Crippen LogP contribution in [0.1, 0.15) is 75.0 Å². The van der Waals surface area contributed by atoms with Crippen LogP contribution in [0.3, 0.4) is 0 Å². The van der Waals surface area contributed by atoms with E-state index in [9.17, 15) is 9.18 Å². The van der Waals surface area contributed by atoms with Gasteiger partial charge in [-0.3, -0.25) is 4.90 Å². The molecular formula is C32H37ClFN3O4. The van der Waals surface area contributed by atoms with Gasteiger partial charge < -0.3 is 18.8 Å². The second-order valence-electron chi connectivity index (χ2n) is 10.7. The summed E-state index contributed by atoms with van der Waals surface area (Å²) in [6.07, 6.45) is 9.10. The van der Waals surface area contributed by atoms with Gasteiger partial charge >= 0.3 is 5.97 Å². The fourth-order valence-corrected chi connectivity index (χ4v) is 5.80. The molecule has 7 nitrogen and oxygen atoms in total. The second kappa shape index (κ2) is 12.7. The molecular weight excluding hydrogens is 545 g/mol. The minimum atomic E-state index is -1.26. The van der Waals surface area contributed by atoms with Gasteiger partial charge in [-0.25, -0.2) is 14.2 Å². The van der Waals surface area contributed by atoms with Gasteiger partial charge in [-0.05, 0) is 75.5 Å². The summed E-state index contributed by atoms with van der Waals surface area (Å²) >= 11 is 5.97. The van der Waals surface area contributed by atoms with E-state index in [-0.39, 0.29) is 5.97 Å². The molecule has 3 heterocycles. The third-order valence-corrected chi connectivity index (χ3v) is 8.04. The number of hydrogen-bond acceptors (Lipinski definition) is 6. The van der Waals surface area contributed by atoms with Crippen molar-refractivity contribution in [2.75, 3.05) is 19.7 Å². The highest BCUT2D eigenvalue weighted by Gasteiger charge is 2.43. The summed E-state index contributed by atoms with van der Waals surface area (Å²) in [6, 6.07) is 10.5. The standard InChI is InChI=1S/C32H37ClFN3O4/c1-4-6-16-37-24(11-13-30(38)39-5-2)20-35-29(37)21-36-17-14-22(15-18-36)25-8-7-9-28-31(25)41-32(3,40-28)26-12-10-23(33)19-27(26)34/h7-13,19-20,22H,4-6,14-18,21H2,1-3H3/b13-11+. The average Bonchev–Trinajstić information content (AvgIpc) is 3.50. The first-order valence-electron chi connectivity index (χ1n) is 14.4. The van der Waals surface area contributed by atoms with Crippen LogP contribution >= 0.6 is 11.6 Å². The second-order valence-corrected chi connectivity index (χ2v) is 11.1. The smallest absolute Gasteiger partial charge is 0.330 e. The maximum absolute atomic E-state index is 14.8. The van der Waals surface area contributed by atoms with Crippen molar-refractivity contribution in [1.82, 2.24) is 14.5 Å². The van der Waals surface area contributed by atoms with Gasteiger partial charge in [-0.15, -0.1) is 0 Å². The number of carbonyl (C=O) groups excluding carboxylic acids is 1. The van der Waals surface area contributed by atoms with Crippen LogP contribution < -0.4 is 9.47 Å². The van der Waals surface area contributed by atoms with Crippen molar-refractivity contribution in [2.24, 2.45) is 0 Å². The number of esters is 1. The molecule has 2 aromatic carbocycles. The van der Waals surface area contributed by atoms with Crippen molar-refractivity contribution < 1.29 is 23.4 Å². The molecule has 0 aliphatic carbocycles. The Hall–Kier alpha value is -3.36. The molecule has 1 saturated heterocycles. The Balaban J connectivity index is 1.26. The maximum atomic E-state index is 14.8. The van der Waals surface area contributed by atoms with Gasteiger partial charge in [-0.2, -0.15) is 0 Å². The number of fused-ring (bicyclic) bond motifs is 1. The molecule has 5 rings (SSSR count). The normalized spacial score (nSPS) is 19.2. The number of ether oxygens (including phenoxy) is 3. The summed E-state index contributed by atoms with van der Waals surface area (Å²) < 4.78 is 34.5. The first-order chi connectivity index (χ1) is 19.8. The highest BCUT2D eigenvalue weighted by molar-refractivity contribution is 6.30. The SMILES string of the molecule is CCCCn1c(/C=C/C(=O)OCC)cnc1CN1CCC(c2cccc3c2OC(C)(c2ccc(Cl)cc2F)O3)CC1. The number of halogens is 2. The van der Waals surface area contributed by atoms with Gasteiger partial charge in [0.05, 0.1) is 30.6 Å². The van der Waals surface area contributed by atoms with E-state index in [1.54, 1.807) is 32.1 Å². The van der Waals surface area contributed by atoms with E-state index in [0.717, 1.165) is 68.9 Å². The molecule has 0 amide bonds. The van der Waals surface area contributed by atoms with Gasteiger partial charge in [0.1, 0.15) is 11.6 Å². The predicted molar refractivity (Wildman–Crippen MR) is 157 cm³/mol. The zero-order chi connectivity index (χ0) is 29.0. The summed E-state index contributed by atoms with van der Waals surface area (Å²) in [7, 11) is 0. The first-order valence-corrected chi connectivity index (χ1v) is 14.8. The Morgan fingerprint density at radius 3 is 2.76 bits per heavy atom. The number of para-hydroxylation sites is 1. The lowest BCUT2D eigenvalue weighted by atomic mass is 9.88. The number of carbonyl (C=O) groups is 1. The molecule has 0 spiro atoms. The molecule has 1 unspecified atom stereocenters. The maximum Gasteiger partial charge on any atom is 0.330 e. The number of unbranched alkanes of at least 4 members (excludes halogenated alkanes) is 1. The summed E-state index contributed by atoms with van der Waals surface area (Å²) in [5, 5.41) is 0.329. The van der Waals surface area contributed by atoms with E-state index in [2.05, 4.69) is 22.5 Å². The number of piperidine rings is 1. The van der Waals surface area contributed by atoms with Gasteiger partial charge in [0, 0.05) is 30.1 Å². The summed E-state index contributed by atoms with van der Waals surface area (Å²) in [5.74, 6) is 0.546. The fourth-order valence-electron chi connectivity index (χ4n) is 5.65. The van der Waals surface area contributed by atoms with E-state index in [0.29, 0.717) is 34.6 Å². The van der Waals surface area contributed by atoms with Crippen molar-refractivity contribution in [3.8, 4) is 11.5 Å². The molecule has 41 heavy (non-hydrogen) atoms. The zero-order valence-electron chi connectivity index (χ0n) is 23.9. The Morgan fingerprint density at radius 1 is 1.22 bits per heavy atom. The lowest BCUT2D eigenvalue weighted by Gasteiger charge is -2.32. The van der Waals surface area contributed by atoms with E-state index < -0.39 is 11.6 Å². The molecule has 1 aromatic heterocycles. The molecule has 0 radical (unpaired) electrons. The number of imidazole rings is 1. The third-order valence-electron chi connectivity index (χ3n) is 7.80. The number of likely N-dealkylation sites (tertiary alicyclic amines) is 1. The van der Waals surface area contributed by atoms with E-state index >= 15 is 0 Å². The van der Waals surface area contributed by atoms with E-state index in [1.807, 2.05) is 18.3 Å². The first kappa shape index (κ1) is 29.1. The number of hydrogen-bond donors (Lipinski definition) is 0. The predicted octanol–water partition coefficient (Wildman–Crippen LogP) is 7.08. The molecule has 0 N–H and O–H groups in total. The molecule has 2 aliphatic heterocycles. The zero-order valence-corrected chi connectivity index (χ0v) is 24.6. The number of aromatic nitrogens is 2. The van der Waals surface area contributed by atoms with E-state index in [1.165, 1.54) is 12.1 Å². The van der Waals surface area contributed by atoms with Crippen LogP contribution in [-0.4, -0.2) is 40.1 Å². The Morgan fingerprint density at radius 2 is 2.02 bits per heavy atom. The lowest BCUT2D eigenvalue weighted by molar-refractivity contribution is -0.137. The van der Waals surface area contributed by atoms with Crippen molar-refractivity contribution in [2.45, 2.75) is 71.2 Å². The van der Waals surface area contributed by atoms with Crippen LogP contribution in [0.5, 0.6) is 11.5 Å². The van der Waals surface area contributed by atoms with Crippen LogP contribution in [0.25, 0.3) is 6.08 Å². The van der Waals surface area contributed by atoms with Crippen LogP contribution in [0.2, 0.25) is 5.02 Å². The summed E-state index contributed by atoms with van der Waals surface area (Å²) in [5.41, 5.74) is 2.32. The third kappa shape index (κ3) is 6.44. The van der Waals surface area contributed by atoms with Crippen LogP contribution in [0.4, 0.5) is 4.39 Å². The number of nitrogens with zero attached hydrogens (tertiary/aromatic N) is 3. The Kier molecular flexibility index (Phi) is 9.00. The molecule has 2 aliphatic rings. The monoisotopic (exact) mass is 581 g/mol. The fraction of sp³-hybridized carbons (Fsp3) is 0.438. The highest BCUT2D eigenvalue weighted by Crippen LogP contribution is 2.49. The molecule has 3 aromatic rings. The van der Waals surface area contributed by atoms with Gasteiger partial charge in [0.15, 0.2) is 11.5 Å². The minimum absolute atomic E-state index is 0.296. The Bertz CT molecular complexity index is 1420. The van der Waals surface area contributed by atoms with Crippen LogP contribution in [0.15, 0.2) is 48.7 Å². The van der Waals surface area contributed by atoms with Gasteiger partial charge in [0.25, 0.3) is 5.79 Å². The summed E-state index contributed by atoms with van der Waals surface area (Å²) in [6.45, 7) is 9.46. The highest BCUT2D eigenvalue weighted by atomic mass is 35.5. The summed E-state index contributed by atoms with van der Waals surface area (Å²) in [4.78, 5) is 19.0. The molecule has 9 heteroatoms. The van der Waals surface area contributed by atoms with Gasteiger partial charge in [0.2, 0.25) is 0 Å². The molecule has 0 bridgehead atoms. The topological polar surface area (TPSA) is 65.8 Å². The molecule has 0 saturated carbocycles. The number of rotatable bonds is 10. The van der Waals surface area contributed by atoms with Crippen molar-refractivity contribution in [1.29, 1.82) is 0 Å². The molecule has 1 atom stereocenters. The largest absolute Gasteiger partial charge is 0.463 e. The molecule has 218 valence electrons. The van der Waals surface area contributed by atoms with Gasteiger partial charge in [-0.1, -0.05) is 37.1 Å². The van der Waals surface area contributed by atoms with Crippen LogP contribution in [-0.2, 0) is 28.4 Å².